The third-order valence-corrected chi connectivity index (χ3v) is 1.61. The van der Waals surface area contributed by atoms with E-state index in [0.717, 1.165) is 6.61 Å². The maximum atomic E-state index is 8.57. The molecule has 62 valence electrons. The molecule has 0 amide bonds. The van der Waals surface area contributed by atoms with Crippen LogP contribution in [0.15, 0.2) is 0 Å². The molecule has 0 fully saturated rings. The van der Waals surface area contributed by atoms with E-state index in [1.807, 2.05) is 7.05 Å². The second-order valence-corrected chi connectivity index (χ2v) is 2.51. The van der Waals surface area contributed by atoms with Crippen LogP contribution in [-0.4, -0.2) is 50.0 Å². The monoisotopic (exact) mass is 147 g/mol. The van der Waals surface area contributed by atoms with Crippen LogP contribution in [0.5, 0.6) is 0 Å². The Morgan fingerprint density at radius 1 is 1.60 bits per heavy atom. The Labute approximate surface area is 62.6 Å². The molecule has 0 heterocycles. The minimum absolute atomic E-state index is 0.213. The SMILES string of the molecule is COCC(C)N(C)CCO. The molecule has 0 aromatic carbocycles. The highest BCUT2D eigenvalue weighted by Gasteiger charge is 2.06. The van der Waals surface area contributed by atoms with Gasteiger partial charge < -0.3 is 9.84 Å². The summed E-state index contributed by atoms with van der Waals surface area (Å²) in [5, 5.41) is 8.57. The largest absolute Gasteiger partial charge is 0.395 e. The second-order valence-electron chi connectivity index (χ2n) is 2.51. The van der Waals surface area contributed by atoms with Crippen molar-refractivity contribution in [2.75, 3.05) is 33.9 Å². The Morgan fingerprint density at radius 2 is 2.20 bits per heavy atom. The maximum absolute atomic E-state index is 8.57. The normalized spacial score (nSPS) is 14.1. The summed E-state index contributed by atoms with van der Waals surface area (Å²) in [6, 6.07) is 0.386. The van der Waals surface area contributed by atoms with Gasteiger partial charge in [-0.3, -0.25) is 4.90 Å². The predicted octanol–water partition coefficient (Wildman–Crippen LogP) is -0.0546. The van der Waals surface area contributed by atoms with Crippen LogP contribution < -0.4 is 0 Å². The lowest BCUT2D eigenvalue weighted by Gasteiger charge is -2.22. The molecule has 3 nitrogen and oxygen atoms in total. The number of ether oxygens (including phenoxy) is 1. The van der Waals surface area contributed by atoms with E-state index < -0.39 is 0 Å². The van der Waals surface area contributed by atoms with Gasteiger partial charge in [0, 0.05) is 19.7 Å². The van der Waals surface area contributed by atoms with Crippen molar-refractivity contribution in [3.63, 3.8) is 0 Å². The molecule has 1 unspecified atom stereocenters. The first kappa shape index (κ1) is 9.88. The van der Waals surface area contributed by atoms with Crippen molar-refractivity contribution in [3.05, 3.63) is 0 Å². The number of nitrogens with zero attached hydrogens (tertiary/aromatic N) is 1. The highest BCUT2D eigenvalue weighted by Crippen LogP contribution is 1.93. The van der Waals surface area contributed by atoms with Crippen molar-refractivity contribution < 1.29 is 9.84 Å². The first-order valence-electron chi connectivity index (χ1n) is 3.52. The van der Waals surface area contributed by atoms with E-state index in [1.54, 1.807) is 7.11 Å². The molecule has 0 aromatic rings. The van der Waals surface area contributed by atoms with Crippen molar-refractivity contribution in [3.8, 4) is 0 Å². The number of hydrogen-bond donors (Lipinski definition) is 1. The third kappa shape index (κ3) is 3.82. The van der Waals surface area contributed by atoms with E-state index in [9.17, 15) is 0 Å². The van der Waals surface area contributed by atoms with E-state index in [1.165, 1.54) is 0 Å². The Balaban J connectivity index is 3.38. The molecule has 1 N–H and O–H groups in total. The summed E-state index contributed by atoms with van der Waals surface area (Å²) < 4.78 is 4.95. The average molecular weight is 147 g/mol. The molecule has 0 saturated carbocycles. The zero-order valence-electron chi connectivity index (χ0n) is 7.00. The first-order chi connectivity index (χ1) is 4.72. The second kappa shape index (κ2) is 5.65. The van der Waals surface area contributed by atoms with Gasteiger partial charge in [-0.15, -0.1) is 0 Å². The number of hydrogen-bond acceptors (Lipinski definition) is 3. The van der Waals surface area contributed by atoms with E-state index in [-0.39, 0.29) is 6.61 Å². The van der Waals surface area contributed by atoms with Crippen molar-refractivity contribution in [2.24, 2.45) is 0 Å². The van der Waals surface area contributed by atoms with E-state index in [0.29, 0.717) is 12.6 Å². The summed E-state index contributed by atoms with van der Waals surface area (Å²) in [5.41, 5.74) is 0. The molecular weight excluding hydrogens is 130 g/mol. The maximum Gasteiger partial charge on any atom is 0.0615 e. The van der Waals surface area contributed by atoms with Crippen LogP contribution in [0.1, 0.15) is 6.92 Å². The summed E-state index contributed by atoms with van der Waals surface area (Å²) in [5.74, 6) is 0. The Kier molecular flexibility index (Phi) is 5.58. The number of aliphatic hydroxyl groups is 1. The third-order valence-electron chi connectivity index (χ3n) is 1.61. The minimum atomic E-state index is 0.213. The van der Waals surface area contributed by atoms with Crippen molar-refractivity contribution >= 4 is 0 Å². The van der Waals surface area contributed by atoms with Crippen LogP contribution in [0.2, 0.25) is 0 Å². The van der Waals surface area contributed by atoms with Gasteiger partial charge in [0.15, 0.2) is 0 Å². The van der Waals surface area contributed by atoms with Crippen LogP contribution in [0.25, 0.3) is 0 Å². The van der Waals surface area contributed by atoms with Gasteiger partial charge in [0.2, 0.25) is 0 Å². The summed E-state index contributed by atoms with van der Waals surface area (Å²) >= 11 is 0. The van der Waals surface area contributed by atoms with E-state index >= 15 is 0 Å². The highest BCUT2D eigenvalue weighted by atomic mass is 16.5. The predicted molar refractivity (Wildman–Crippen MR) is 41.1 cm³/mol. The summed E-state index contributed by atoms with van der Waals surface area (Å²) in [6.45, 7) is 3.71. The summed E-state index contributed by atoms with van der Waals surface area (Å²) in [4.78, 5) is 2.06. The van der Waals surface area contributed by atoms with Gasteiger partial charge in [-0.25, -0.2) is 0 Å². The Hall–Kier alpha value is -0.120. The fourth-order valence-corrected chi connectivity index (χ4v) is 0.747. The number of methoxy groups -OCH3 is 1. The van der Waals surface area contributed by atoms with Crippen LogP contribution in [0.4, 0.5) is 0 Å². The quantitative estimate of drug-likeness (QED) is 0.591. The van der Waals surface area contributed by atoms with Gasteiger partial charge >= 0.3 is 0 Å². The Morgan fingerprint density at radius 3 is 2.60 bits per heavy atom. The standard InChI is InChI=1S/C7H17NO2/c1-7(6-10-3)8(2)4-5-9/h7,9H,4-6H2,1-3H3. The zero-order chi connectivity index (χ0) is 7.98. The zero-order valence-corrected chi connectivity index (χ0v) is 7.00. The molecule has 0 saturated heterocycles. The molecular formula is C7H17NO2. The Bertz CT molecular complexity index is 68.0. The highest BCUT2D eigenvalue weighted by molar-refractivity contribution is 4.60. The summed E-state index contributed by atoms with van der Waals surface area (Å²) in [7, 11) is 3.66. The molecule has 0 aromatic heterocycles. The van der Waals surface area contributed by atoms with Gasteiger partial charge in [-0.1, -0.05) is 0 Å². The van der Waals surface area contributed by atoms with Crippen LogP contribution in [-0.2, 0) is 4.74 Å². The molecule has 0 aliphatic carbocycles. The lowest BCUT2D eigenvalue weighted by atomic mass is 10.3. The molecule has 0 bridgehead atoms. The number of rotatable bonds is 5. The molecule has 0 radical (unpaired) electrons. The molecule has 3 heteroatoms. The van der Waals surface area contributed by atoms with E-state index in [2.05, 4.69) is 11.8 Å². The fraction of sp³-hybridized carbons (Fsp3) is 1.00. The lowest BCUT2D eigenvalue weighted by molar-refractivity contribution is 0.102. The first-order valence-corrected chi connectivity index (χ1v) is 3.52. The number of aliphatic hydroxyl groups excluding tert-OH is 1. The van der Waals surface area contributed by atoms with Gasteiger partial charge in [-0.05, 0) is 14.0 Å². The van der Waals surface area contributed by atoms with Crippen molar-refractivity contribution in [1.82, 2.24) is 4.90 Å². The minimum Gasteiger partial charge on any atom is -0.395 e. The van der Waals surface area contributed by atoms with Gasteiger partial charge in [0.25, 0.3) is 0 Å². The summed E-state index contributed by atoms with van der Waals surface area (Å²) in [6.07, 6.45) is 0. The molecule has 1 atom stereocenters. The van der Waals surface area contributed by atoms with Crippen molar-refractivity contribution in [1.29, 1.82) is 0 Å². The molecule has 10 heavy (non-hydrogen) atoms. The smallest absolute Gasteiger partial charge is 0.0615 e. The molecule has 0 spiro atoms. The average Bonchev–Trinajstić information content (AvgIpc) is 1.89. The topological polar surface area (TPSA) is 32.7 Å². The van der Waals surface area contributed by atoms with Crippen LogP contribution >= 0.6 is 0 Å². The van der Waals surface area contributed by atoms with Gasteiger partial charge in [0.1, 0.15) is 0 Å². The number of likely N-dealkylation sites (N-methyl/N-ethyl adjacent to an activating group) is 1. The van der Waals surface area contributed by atoms with E-state index in [4.69, 9.17) is 9.84 Å². The van der Waals surface area contributed by atoms with Gasteiger partial charge in [0.05, 0.1) is 13.2 Å². The van der Waals surface area contributed by atoms with Crippen LogP contribution in [0, 0.1) is 0 Å². The van der Waals surface area contributed by atoms with Crippen LogP contribution in [0.3, 0.4) is 0 Å². The van der Waals surface area contributed by atoms with Crippen molar-refractivity contribution in [2.45, 2.75) is 13.0 Å². The molecule has 0 aliphatic heterocycles. The molecule has 0 aliphatic rings. The van der Waals surface area contributed by atoms with Gasteiger partial charge in [-0.2, -0.15) is 0 Å². The molecule has 0 rings (SSSR count). The fourth-order valence-electron chi connectivity index (χ4n) is 0.747. The lowest BCUT2D eigenvalue weighted by Crippen LogP contribution is -2.34.